The molecule has 1 aromatic heterocycles. The average molecular weight is 845 g/mol. The lowest BCUT2D eigenvalue weighted by Gasteiger charge is -2.49. The van der Waals surface area contributed by atoms with Crippen molar-refractivity contribution in [3.8, 4) is 11.1 Å². The van der Waals surface area contributed by atoms with Crippen LogP contribution in [0.4, 0.5) is 33.4 Å². The molecule has 0 bridgehead atoms. The Balaban J connectivity index is 1.39. The lowest BCUT2D eigenvalue weighted by Crippen LogP contribution is -2.62. The van der Waals surface area contributed by atoms with Crippen molar-refractivity contribution in [2.45, 2.75) is 137 Å². The van der Waals surface area contributed by atoms with Crippen LogP contribution in [0.3, 0.4) is 0 Å². The second-order valence-electron chi connectivity index (χ2n) is 23.4. The van der Waals surface area contributed by atoms with E-state index in [0.717, 1.165) is 6.42 Å². The number of fused-ring (bicyclic) bond motifs is 8. The van der Waals surface area contributed by atoms with E-state index in [-0.39, 0.29) is 33.8 Å². The Bertz CT molecular complexity index is 2960. The maximum atomic E-state index is 2.72. The zero-order valence-electron chi connectivity index (χ0n) is 40.3. The van der Waals surface area contributed by atoms with E-state index in [9.17, 15) is 0 Å². The largest absolute Gasteiger partial charge is 0.311 e. The number of thiophene rings is 1. The van der Waals surface area contributed by atoms with Crippen molar-refractivity contribution in [1.29, 1.82) is 0 Å². The molecule has 3 heterocycles. The van der Waals surface area contributed by atoms with Gasteiger partial charge in [-0.25, -0.2) is 0 Å². The molecule has 320 valence electrons. The zero-order chi connectivity index (χ0) is 44.8. The monoisotopic (exact) mass is 844 g/mol. The molecule has 0 amide bonds. The van der Waals surface area contributed by atoms with Gasteiger partial charge in [-0.1, -0.05) is 168 Å². The van der Waals surface area contributed by atoms with Gasteiger partial charge in [-0.05, 0) is 144 Å². The van der Waals surface area contributed by atoms with Gasteiger partial charge < -0.3 is 9.80 Å². The topological polar surface area (TPSA) is 6.48 Å². The lowest BCUT2D eigenvalue weighted by molar-refractivity contribution is 0.333. The Morgan fingerprint density at radius 1 is 0.556 bits per heavy atom. The predicted molar refractivity (Wildman–Crippen MR) is 277 cm³/mol. The van der Waals surface area contributed by atoms with Gasteiger partial charge in [0.2, 0.25) is 0 Å². The molecule has 0 saturated carbocycles. The summed E-state index contributed by atoms with van der Waals surface area (Å²) < 4.78 is 1.34. The molecule has 2 nitrogen and oxygen atoms in total. The van der Waals surface area contributed by atoms with Crippen molar-refractivity contribution < 1.29 is 0 Å². The summed E-state index contributed by atoms with van der Waals surface area (Å²) >= 11 is 1.97. The van der Waals surface area contributed by atoms with Crippen LogP contribution in [-0.2, 0) is 27.1 Å². The molecule has 0 fully saturated rings. The van der Waals surface area contributed by atoms with Crippen LogP contribution in [0.15, 0.2) is 115 Å². The molecule has 0 unspecified atom stereocenters. The van der Waals surface area contributed by atoms with Gasteiger partial charge in [-0.3, -0.25) is 0 Å². The smallest absolute Gasteiger partial charge is 0.254 e. The third kappa shape index (κ3) is 6.64. The summed E-state index contributed by atoms with van der Waals surface area (Å²) in [7, 11) is 0. The number of hydrogen-bond acceptors (Lipinski definition) is 3. The predicted octanol–water partition coefficient (Wildman–Crippen LogP) is 15.2. The summed E-state index contributed by atoms with van der Waals surface area (Å²) in [6.45, 7) is 33.4. The number of anilines is 6. The highest BCUT2D eigenvalue weighted by atomic mass is 32.1. The van der Waals surface area contributed by atoms with Crippen LogP contribution >= 0.6 is 11.3 Å². The van der Waals surface area contributed by atoms with Crippen molar-refractivity contribution in [3.63, 3.8) is 0 Å². The number of hydrogen-bond donors (Lipinski definition) is 0. The summed E-state index contributed by atoms with van der Waals surface area (Å²) in [6.07, 6.45) is 2.33. The third-order valence-corrected chi connectivity index (χ3v) is 16.0. The van der Waals surface area contributed by atoms with Gasteiger partial charge in [0.15, 0.2) is 0 Å². The molecule has 6 aromatic carbocycles. The fraction of sp³-hybridized carbons (Fsp3) is 0.356. The Morgan fingerprint density at radius 3 is 1.83 bits per heavy atom. The van der Waals surface area contributed by atoms with Crippen LogP contribution in [0.5, 0.6) is 0 Å². The van der Waals surface area contributed by atoms with E-state index < -0.39 is 0 Å². The average Bonchev–Trinajstić information content (AvgIpc) is 3.59. The minimum absolute atomic E-state index is 0.00506. The van der Waals surface area contributed by atoms with Crippen LogP contribution in [0.25, 0.3) is 21.2 Å². The number of aryl methyl sites for hydroxylation is 1. The Labute approximate surface area is 382 Å². The highest BCUT2D eigenvalue weighted by molar-refractivity contribution is 7.26. The normalized spacial score (nSPS) is 16.4. The van der Waals surface area contributed by atoms with E-state index in [4.69, 9.17) is 0 Å². The summed E-state index contributed by atoms with van der Waals surface area (Å²) in [4.78, 5) is 5.41. The fourth-order valence-electron chi connectivity index (χ4n) is 10.9. The van der Waals surface area contributed by atoms with Crippen molar-refractivity contribution in [2.24, 2.45) is 0 Å². The number of nitrogens with zero attached hydrogens (tertiary/aromatic N) is 2. The first-order valence-corrected chi connectivity index (χ1v) is 24.2. The molecule has 0 saturated heterocycles. The van der Waals surface area contributed by atoms with Crippen LogP contribution in [0.1, 0.15) is 136 Å². The molecule has 0 radical (unpaired) electrons. The van der Waals surface area contributed by atoms with Gasteiger partial charge in [0.25, 0.3) is 6.71 Å². The molecule has 0 N–H and O–H groups in total. The zero-order valence-corrected chi connectivity index (χ0v) is 41.1. The van der Waals surface area contributed by atoms with Crippen molar-refractivity contribution >= 4 is 78.0 Å². The summed E-state index contributed by atoms with van der Waals surface area (Å²) in [5.74, 6) is 0. The molecule has 63 heavy (non-hydrogen) atoms. The lowest BCUT2D eigenvalue weighted by atomic mass is 9.33. The minimum Gasteiger partial charge on any atom is -0.311 e. The summed E-state index contributed by atoms with van der Waals surface area (Å²) in [5, 5.41) is 2.71. The van der Waals surface area contributed by atoms with Crippen LogP contribution in [0, 0.1) is 6.92 Å². The van der Waals surface area contributed by atoms with Crippen molar-refractivity contribution in [1.82, 2.24) is 0 Å². The second kappa shape index (κ2) is 14.0. The van der Waals surface area contributed by atoms with Gasteiger partial charge in [-0.2, -0.15) is 0 Å². The van der Waals surface area contributed by atoms with Crippen LogP contribution in [-0.4, -0.2) is 6.71 Å². The fourth-order valence-corrected chi connectivity index (χ4v) is 12.2. The second-order valence-corrected chi connectivity index (χ2v) is 24.5. The van der Waals surface area contributed by atoms with Gasteiger partial charge in [-0.15, -0.1) is 11.3 Å². The molecule has 7 aromatic rings. The number of benzene rings is 6. The van der Waals surface area contributed by atoms with Crippen LogP contribution in [0.2, 0.25) is 0 Å². The van der Waals surface area contributed by atoms with Crippen molar-refractivity contribution in [3.05, 3.63) is 149 Å². The maximum absolute atomic E-state index is 2.72. The molecule has 2 aliphatic heterocycles. The van der Waals surface area contributed by atoms with E-state index in [1.807, 2.05) is 11.3 Å². The first kappa shape index (κ1) is 41.9. The molecule has 3 aliphatic rings. The molecule has 0 spiro atoms. The Morgan fingerprint density at radius 2 is 1.17 bits per heavy atom. The Kier molecular flexibility index (Phi) is 9.30. The highest BCUT2D eigenvalue weighted by Gasteiger charge is 2.50. The van der Waals surface area contributed by atoms with E-state index in [0.29, 0.717) is 0 Å². The number of rotatable bonds is 3. The molecular weight excluding hydrogens is 780 g/mol. The van der Waals surface area contributed by atoms with E-state index in [1.54, 1.807) is 0 Å². The highest BCUT2D eigenvalue weighted by Crippen LogP contribution is 2.55. The van der Waals surface area contributed by atoms with Gasteiger partial charge in [0.1, 0.15) is 0 Å². The van der Waals surface area contributed by atoms with Crippen molar-refractivity contribution in [2.75, 3.05) is 9.80 Å². The first-order chi connectivity index (χ1) is 29.5. The van der Waals surface area contributed by atoms with E-state index in [1.165, 1.54) is 111 Å². The summed E-state index contributed by atoms with van der Waals surface area (Å²) in [6, 6.07) is 45.4. The molecular formula is C59H65BN2S. The van der Waals surface area contributed by atoms with Gasteiger partial charge >= 0.3 is 0 Å². The Hall–Kier alpha value is -5.06. The van der Waals surface area contributed by atoms with Gasteiger partial charge in [0.05, 0.1) is 10.7 Å². The first-order valence-electron chi connectivity index (χ1n) is 23.3. The minimum atomic E-state index is -0.109. The van der Waals surface area contributed by atoms with Crippen LogP contribution < -0.4 is 26.2 Å². The maximum Gasteiger partial charge on any atom is 0.254 e. The molecule has 0 atom stereocenters. The third-order valence-electron chi connectivity index (χ3n) is 14.8. The van der Waals surface area contributed by atoms with E-state index >= 15 is 0 Å². The quantitative estimate of drug-likeness (QED) is 0.164. The molecule has 4 heteroatoms. The standard InChI is InChI=1S/C59H65BN2S/c1-36-20-29-49-43(32-36)51-54(63-49)62(46-28-23-39(56(5,6)7)33-42(46)37-18-16-15-17-19-37)48-35-40(57(8,9)10)34-47-52(48)60(51)45-27-26-44-50(59(13,14)31-30-58(44,11)12)53(45)61(47)41-24-21-38(22-25-41)55(2,3)4/h15-29,32-35H,30-31H2,1-14H3. The SMILES string of the molecule is Cc1ccc2sc3c(c2c1)B1c2ccc4c(c2N(c2ccc(C(C)(C)C)cc2)c2cc(C(C)(C)C)cc(c21)N3c1ccc(C(C)(C)C)cc1-c1ccccc1)C(C)(C)CCC4(C)C. The summed E-state index contributed by atoms with van der Waals surface area (Å²) in [5.41, 5.74) is 21.5. The van der Waals surface area contributed by atoms with Gasteiger partial charge in [0, 0.05) is 33.0 Å². The van der Waals surface area contributed by atoms with E-state index in [2.05, 4.69) is 222 Å². The molecule has 1 aliphatic carbocycles. The molecule has 10 rings (SSSR count).